The molecule has 1 heterocycles. The molecule has 0 atom stereocenters. The van der Waals surface area contributed by atoms with E-state index in [0.717, 1.165) is 25.7 Å². The quantitative estimate of drug-likeness (QED) is 0.883. The molecule has 2 aromatic rings. The number of hydrogen-bond donors (Lipinski definition) is 2. The van der Waals surface area contributed by atoms with Crippen molar-refractivity contribution in [1.29, 1.82) is 0 Å². The van der Waals surface area contributed by atoms with Gasteiger partial charge in [-0.2, -0.15) is 0 Å². The highest BCUT2D eigenvalue weighted by atomic mass is 19.1. The van der Waals surface area contributed by atoms with Crippen molar-refractivity contribution in [2.24, 2.45) is 5.41 Å². The van der Waals surface area contributed by atoms with Crippen LogP contribution < -0.4 is 5.32 Å². The number of benzene rings is 1. The third-order valence-corrected chi connectivity index (χ3v) is 5.09. The van der Waals surface area contributed by atoms with Crippen LogP contribution in [0.15, 0.2) is 30.5 Å². The van der Waals surface area contributed by atoms with Crippen LogP contribution in [0, 0.1) is 11.2 Å². The minimum atomic E-state index is -0.441. The molecule has 0 aliphatic heterocycles. The van der Waals surface area contributed by atoms with Gasteiger partial charge in [0.15, 0.2) is 0 Å². The van der Waals surface area contributed by atoms with Gasteiger partial charge in [-0.15, -0.1) is 0 Å². The van der Waals surface area contributed by atoms with Gasteiger partial charge in [0.25, 0.3) is 5.91 Å². The lowest BCUT2D eigenvalue weighted by Crippen LogP contribution is -2.39. The van der Waals surface area contributed by atoms with Gasteiger partial charge in [-0.3, -0.25) is 9.78 Å². The molecule has 1 saturated carbocycles. The zero-order chi connectivity index (χ0) is 17.0. The van der Waals surface area contributed by atoms with Gasteiger partial charge >= 0.3 is 0 Å². The van der Waals surface area contributed by atoms with Crippen molar-refractivity contribution in [3.8, 4) is 0 Å². The average Bonchev–Trinajstić information content (AvgIpc) is 2.60. The van der Waals surface area contributed by atoms with Crippen LogP contribution in [0.5, 0.6) is 0 Å². The summed E-state index contributed by atoms with van der Waals surface area (Å²) in [5.41, 5.74) is 0.732. The number of nitrogens with zero attached hydrogens (tertiary/aromatic N) is 1. The number of carbonyl (C=O) groups excluding carboxylic acids is 1. The Morgan fingerprint density at radius 2 is 2.08 bits per heavy atom. The Kier molecular flexibility index (Phi) is 5.09. The van der Waals surface area contributed by atoms with Crippen LogP contribution in [0.4, 0.5) is 4.39 Å². The normalized spacial score (nSPS) is 16.9. The molecule has 1 amide bonds. The van der Waals surface area contributed by atoms with Gasteiger partial charge in [-0.25, -0.2) is 4.39 Å². The summed E-state index contributed by atoms with van der Waals surface area (Å²) in [5.74, 6) is -0.746. The van der Waals surface area contributed by atoms with Crippen LogP contribution in [0.3, 0.4) is 0 Å². The molecule has 0 saturated heterocycles. The summed E-state index contributed by atoms with van der Waals surface area (Å²) >= 11 is 0. The fourth-order valence-corrected chi connectivity index (χ4v) is 3.75. The highest BCUT2D eigenvalue weighted by Crippen LogP contribution is 2.38. The summed E-state index contributed by atoms with van der Waals surface area (Å²) < 4.78 is 13.8. The van der Waals surface area contributed by atoms with E-state index in [2.05, 4.69) is 10.3 Å². The van der Waals surface area contributed by atoms with Crippen molar-refractivity contribution in [2.45, 2.75) is 38.5 Å². The minimum Gasteiger partial charge on any atom is -0.396 e. The highest BCUT2D eigenvalue weighted by Gasteiger charge is 2.32. The molecule has 1 aromatic carbocycles. The number of halogens is 1. The van der Waals surface area contributed by atoms with Gasteiger partial charge in [-0.1, -0.05) is 25.3 Å². The fourth-order valence-electron chi connectivity index (χ4n) is 3.75. The second-order valence-electron chi connectivity index (χ2n) is 6.75. The zero-order valence-corrected chi connectivity index (χ0v) is 13.7. The van der Waals surface area contributed by atoms with E-state index in [1.807, 2.05) is 0 Å². The number of rotatable bonds is 5. The Labute approximate surface area is 141 Å². The van der Waals surface area contributed by atoms with E-state index in [0.29, 0.717) is 23.9 Å². The van der Waals surface area contributed by atoms with Crippen molar-refractivity contribution in [3.05, 3.63) is 41.8 Å². The predicted octanol–water partition coefficient (Wildman–Crippen LogP) is 3.44. The van der Waals surface area contributed by atoms with Crippen LogP contribution in [0.25, 0.3) is 10.9 Å². The summed E-state index contributed by atoms with van der Waals surface area (Å²) in [5, 5.41) is 12.9. The Morgan fingerprint density at radius 3 is 2.83 bits per heavy atom. The molecule has 0 bridgehead atoms. The second-order valence-corrected chi connectivity index (χ2v) is 6.75. The first-order chi connectivity index (χ1) is 11.6. The van der Waals surface area contributed by atoms with Crippen LogP contribution >= 0.6 is 0 Å². The van der Waals surface area contributed by atoms with Gasteiger partial charge in [-0.05, 0) is 42.9 Å². The van der Waals surface area contributed by atoms with Gasteiger partial charge < -0.3 is 10.4 Å². The number of hydrogen-bond acceptors (Lipinski definition) is 3. The molecule has 4 nitrogen and oxygen atoms in total. The first-order valence-corrected chi connectivity index (χ1v) is 8.57. The smallest absolute Gasteiger partial charge is 0.253 e. The molecule has 128 valence electrons. The first kappa shape index (κ1) is 16.8. The number of aliphatic hydroxyl groups is 1. The van der Waals surface area contributed by atoms with Gasteiger partial charge in [0, 0.05) is 24.7 Å². The van der Waals surface area contributed by atoms with E-state index in [1.165, 1.54) is 18.6 Å². The maximum Gasteiger partial charge on any atom is 0.253 e. The summed E-state index contributed by atoms with van der Waals surface area (Å²) in [6.07, 6.45) is 7.77. The molecular weight excluding hydrogens is 307 g/mol. The predicted molar refractivity (Wildman–Crippen MR) is 91.3 cm³/mol. The molecule has 3 rings (SSSR count). The van der Waals surface area contributed by atoms with E-state index in [1.54, 1.807) is 18.3 Å². The van der Waals surface area contributed by atoms with Crippen LogP contribution in [0.2, 0.25) is 0 Å². The summed E-state index contributed by atoms with van der Waals surface area (Å²) in [6.45, 7) is 0.636. The van der Waals surface area contributed by atoms with Crippen molar-refractivity contribution in [2.75, 3.05) is 13.2 Å². The number of aliphatic hydroxyl groups excluding tert-OH is 1. The molecule has 1 aromatic heterocycles. The van der Waals surface area contributed by atoms with Crippen LogP contribution in [-0.2, 0) is 0 Å². The molecule has 1 fully saturated rings. The summed E-state index contributed by atoms with van der Waals surface area (Å²) in [4.78, 5) is 16.8. The van der Waals surface area contributed by atoms with Gasteiger partial charge in [0.2, 0.25) is 0 Å². The SMILES string of the molecule is O=C(NCC1(CCO)CCCCC1)c1cc(F)cc2cccnc12. The molecular formula is C19H23FN2O2. The number of amides is 1. The topological polar surface area (TPSA) is 62.2 Å². The Bertz CT molecular complexity index is 721. The molecule has 24 heavy (non-hydrogen) atoms. The maximum atomic E-state index is 13.8. The first-order valence-electron chi connectivity index (χ1n) is 8.57. The molecule has 0 spiro atoms. The molecule has 2 N–H and O–H groups in total. The monoisotopic (exact) mass is 330 g/mol. The molecule has 0 radical (unpaired) electrons. The molecule has 5 heteroatoms. The molecule has 0 unspecified atom stereocenters. The maximum absolute atomic E-state index is 13.8. The van der Waals surface area contributed by atoms with E-state index in [-0.39, 0.29) is 23.5 Å². The fraction of sp³-hybridized carbons (Fsp3) is 0.474. The second kappa shape index (κ2) is 7.26. The number of nitrogens with one attached hydrogen (secondary N) is 1. The number of carbonyl (C=O) groups is 1. The van der Waals surface area contributed by atoms with Crippen LogP contribution in [-0.4, -0.2) is 29.1 Å². The Balaban J connectivity index is 1.80. The van der Waals surface area contributed by atoms with Crippen molar-refractivity contribution >= 4 is 16.8 Å². The summed E-state index contributed by atoms with van der Waals surface area (Å²) in [6, 6.07) is 6.09. The lowest BCUT2D eigenvalue weighted by Gasteiger charge is -2.37. The Hall–Kier alpha value is -2.01. The summed E-state index contributed by atoms with van der Waals surface area (Å²) in [7, 11) is 0. The van der Waals surface area contributed by atoms with E-state index in [4.69, 9.17) is 0 Å². The van der Waals surface area contributed by atoms with E-state index in [9.17, 15) is 14.3 Å². The highest BCUT2D eigenvalue weighted by molar-refractivity contribution is 6.05. The standard InChI is InChI=1S/C19H23FN2O2/c20-15-11-14-5-4-9-21-17(14)16(12-15)18(24)22-13-19(8-10-23)6-2-1-3-7-19/h4-5,9,11-12,23H,1-3,6-8,10,13H2,(H,22,24). The third kappa shape index (κ3) is 3.56. The largest absolute Gasteiger partial charge is 0.396 e. The zero-order valence-electron chi connectivity index (χ0n) is 13.7. The average molecular weight is 330 g/mol. The minimum absolute atomic E-state index is 0.0424. The molecule has 1 aliphatic carbocycles. The van der Waals surface area contributed by atoms with Gasteiger partial charge in [0.1, 0.15) is 5.82 Å². The van der Waals surface area contributed by atoms with Crippen molar-refractivity contribution in [3.63, 3.8) is 0 Å². The molecule has 1 aliphatic rings. The van der Waals surface area contributed by atoms with E-state index < -0.39 is 5.82 Å². The van der Waals surface area contributed by atoms with Crippen LogP contribution in [0.1, 0.15) is 48.9 Å². The van der Waals surface area contributed by atoms with Crippen molar-refractivity contribution < 1.29 is 14.3 Å². The number of pyridine rings is 1. The van der Waals surface area contributed by atoms with Crippen molar-refractivity contribution in [1.82, 2.24) is 10.3 Å². The third-order valence-electron chi connectivity index (χ3n) is 5.09. The van der Waals surface area contributed by atoms with Gasteiger partial charge in [0.05, 0.1) is 11.1 Å². The lowest BCUT2D eigenvalue weighted by molar-refractivity contribution is 0.0870. The number of fused-ring (bicyclic) bond motifs is 1. The Morgan fingerprint density at radius 1 is 1.29 bits per heavy atom. The van der Waals surface area contributed by atoms with E-state index >= 15 is 0 Å². The number of aromatic nitrogens is 1. The lowest BCUT2D eigenvalue weighted by atomic mass is 9.72.